The van der Waals surface area contributed by atoms with Crippen LogP contribution in [0.2, 0.25) is 5.02 Å². The molecular weight excluding hydrogens is 294 g/mol. The van der Waals surface area contributed by atoms with Crippen LogP contribution in [0.25, 0.3) is 0 Å². The number of urea groups is 1. The lowest BCUT2D eigenvalue weighted by molar-refractivity contribution is -0.135. The molecule has 6 nitrogen and oxygen atoms in total. The summed E-state index contributed by atoms with van der Waals surface area (Å²) in [6, 6.07) is 6.16. The Kier molecular flexibility index (Phi) is 4.18. The van der Waals surface area contributed by atoms with E-state index in [1.807, 2.05) is 0 Å². The minimum atomic E-state index is -1.14. The van der Waals surface area contributed by atoms with Gasteiger partial charge < -0.3 is 10.6 Å². The second-order valence-corrected chi connectivity index (χ2v) is 5.20. The number of hydrogen-bond donors (Lipinski definition) is 2. The van der Waals surface area contributed by atoms with E-state index >= 15 is 0 Å². The van der Waals surface area contributed by atoms with Crippen LogP contribution in [0.1, 0.15) is 18.9 Å². The topological polar surface area (TPSA) is 78.5 Å². The molecule has 0 aromatic heterocycles. The van der Waals surface area contributed by atoms with Gasteiger partial charge in [-0.25, -0.2) is 4.79 Å². The number of rotatable bonds is 4. The van der Waals surface area contributed by atoms with Crippen molar-refractivity contribution in [1.29, 1.82) is 0 Å². The van der Waals surface area contributed by atoms with Crippen molar-refractivity contribution in [3.05, 3.63) is 34.9 Å². The molecule has 2 N–H and O–H groups in total. The van der Waals surface area contributed by atoms with Gasteiger partial charge >= 0.3 is 6.03 Å². The highest BCUT2D eigenvalue weighted by atomic mass is 35.5. The zero-order chi connectivity index (χ0) is 15.6. The van der Waals surface area contributed by atoms with Gasteiger partial charge in [0, 0.05) is 12.1 Å². The summed E-state index contributed by atoms with van der Waals surface area (Å²) in [6.07, 6.45) is 0.378. The number of benzene rings is 1. The van der Waals surface area contributed by atoms with Gasteiger partial charge in [-0.2, -0.15) is 0 Å². The highest BCUT2D eigenvalue weighted by Crippen LogP contribution is 2.32. The Labute approximate surface area is 127 Å². The summed E-state index contributed by atoms with van der Waals surface area (Å²) in [5.74, 6) is -0.831. The van der Waals surface area contributed by atoms with Crippen molar-refractivity contribution >= 4 is 29.4 Å². The van der Waals surface area contributed by atoms with Gasteiger partial charge in [0.2, 0.25) is 5.91 Å². The number of nitrogens with one attached hydrogen (secondary N) is 2. The number of amides is 4. The van der Waals surface area contributed by atoms with Crippen LogP contribution in [0.5, 0.6) is 0 Å². The van der Waals surface area contributed by atoms with Gasteiger partial charge in [-0.15, -0.1) is 0 Å². The van der Waals surface area contributed by atoms with E-state index in [-0.39, 0.29) is 6.54 Å². The van der Waals surface area contributed by atoms with E-state index in [9.17, 15) is 14.4 Å². The summed E-state index contributed by atoms with van der Waals surface area (Å²) in [7, 11) is 1.45. The molecule has 1 fully saturated rings. The predicted molar refractivity (Wildman–Crippen MR) is 77.7 cm³/mol. The molecule has 0 bridgehead atoms. The molecule has 1 aromatic carbocycles. The Morgan fingerprint density at radius 2 is 1.95 bits per heavy atom. The average molecular weight is 310 g/mol. The van der Waals surface area contributed by atoms with Gasteiger partial charge in [-0.1, -0.05) is 30.7 Å². The van der Waals surface area contributed by atoms with Gasteiger partial charge in [0.15, 0.2) is 0 Å². The SMILES string of the molecule is CCC1(c2ccc(Cl)cc2)NC(=O)N(CC(=O)NC)C1=O. The van der Waals surface area contributed by atoms with E-state index in [1.54, 1.807) is 31.2 Å². The first-order chi connectivity index (χ1) is 9.94. The van der Waals surface area contributed by atoms with Crippen LogP contribution in [-0.2, 0) is 15.1 Å². The van der Waals surface area contributed by atoms with Gasteiger partial charge in [-0.3, -0.25) is 14.5 Å². The molecule has 21 heavy (non-hydrogen) atoms. The molecule has 0 saturated carbocycles. The third kappa shape index (κ3) is 2.58. The number of likely N-dealkylation sites (N-methyl/N-ethyl adjacent to an activating group) is 1. The third-order valence-corrected chi connectivity index (χ3v) is 3.88. The number of imide groups is 1. The molecule has 1 atom stereocenters. The Morgan fingerprint density at radius 3 is 2.48 bits per heavy atom. The first kappa shape index (κ1) is 15.3. The van der Waals surface area contributed by atoms with Crippen molar-refractivity contribution < 1.29 is 14.4 Å². The van der Waals surface area contributed by atoms with E-state index in [0.717, 1.165) is 4.90 Å². The fourth-order valence-corrected chi connectivity index (χ4v) is 2.49. The highest BCUT2D eigenvalue weighted by molar-refractivity contribution is 6.30. The number of halogens is 1. The van der Waals surface area contributed by atoms with Crippen LogP contribution in [-0.4, -0.2) is 36.3 Å². The lowest BCUT2D eigenvalue weighted by Gasteiger charge is -2.25. The van der Waals surface area contributed by atoms with Crippen LogP contribution < -0.4 is 10.6 Å². The summed E-state index contributed by atoms with van der Waals surface area (Å²) in [4.78, 5) is 37.0. The summed E-state index contributed by atoms with van der Waals surface area (Å²) in [5.41, 5.74) is -0.498. The van der Waals surface area contributed by atoms with Crippen molar-refractivity contribution in [2.75, 3.05) is 13.6 Å². The van der Waals surface area contributed by atoms with Crippen LogP contribution in [0, 0.1) is 0 Å². The molecule has 2 rings (SSSR count). The Balaban J connectivity index is 2.37. The predicted octanol–water partition coefficient (Wildman–Crippen LogP) is 1.24. The fraction of sp³-hybridized carbons (Fsp3) is 0.357. The average Bonchev–Trinajstić information content (AvgIpc) is 2.73. The van der Waals surface area contributed by atoms with Crippen LogP contribution >= 0.6 is 11.6 Å². The van der Waals surface area contributed by atoms with Gasteiger partial charge in [0.1, 0.15) is 12.1 Å². The molecule has 1 unspecified atom stereocenters. The van der Waals surface area contributed by atoms with Crippen molar-refractivity contribution in [2.24, 2.45) is 0 Å². The van der Waals surface area contributed by atoms with Crippen LogP contribution in [0.15, 0.2) is 24.3 Å². The van der Waals surface area contributed by atoms with Gasteiger partial charge in [0.25, 0.3) is 5.91 Å². The standard InChI is InChI=1S/C14H16ClN3O3/c1-3-14(9-4-6-10(15)7-5-9)12(20)18(13(21)17-14)8-11(19)16-2/h4-7H,3,8H2,1-2H3,(H,16,19)(H,17,21). The maximum Gasteiger partial charge on any atom is 0.325 e. The van der Waals surface area contributed by atoms with Crippen molar-refractivity contribution in [2.45, 2.75) is 18.9 Å². The number of carbonyl (C=O) groups excluding carboxylic acids is 3. The van der Waals surface area contributed by atoms with E-state index in [2.05, 4.69) is 10.6 Å². The van der Waals surface area contributed by atoms with E-state index in [1.165, 1.54) is 7.05 Å². The molecule has 0 spiro atoms. The second kappa shape index (κ2) is 5.73. The van der Waals surface area contributed by atoms with Gasteiger partial charge in [0.05, 0.1) is 0 Å². The molecule has 0 aliphatic carbocycles. The summed E-state index contributed by atoms with van der Waals surface area (Å²) in [6.45, 7) is 1.51. The lowest BCUT2D eigenvalue weighted by Crippen LogP contribution is -2.44. The highest BCUT2D eigenvalue weighted by Gasteiger charge is 2.51. The molecule has 4 amide bonds. The Morgan fingerprint density at radius 1 is 1.33 bits per heavy atom. The maximum absolute atomic E-state index is 12.6. The Hall–Kier alpha value is -2.08. The van der Waals surface area contributed by atoms with Crippen LogP contribution in [0.3, 0.4) is 0 Å². The maximum atomic E-state index is 12.6. The van der Waals surface area contributed by atoms with E-state index in [0.29, 0.717) is 17.0 Å². The summed E-state index contributed by atoms with van der Waals surface area (Å²) < 4.78 is 0. The molecule has 1 aliphatic rings. The van der Waals surface area contributed by atoms with Crippen molar-refractivity contribution in [3.63, 3.8) is 0 Å². The summed E-state index contributed by atoms with van der Waals surface area (Å²) >= 11 is 5.85. The first-order valence-electron chi connectivity index (χ1n) is 6.55. The normalized spacial score (nSPS) is 21.4. The van der Waals surface area contributed by atoms with Crippen LogP contribution in [0.4, 0.5) is 4.79 Å². The zero-order valence-corrected chi connectivity index (χ0v) is 12.5. The smallest absolute Gasteiger partial charge is 0.325 e. The molecule has 0 radical (unpaired) electrons. The molecule has 1 aliphatic heterocycles. The molecule has 112 valence electrons. The van der Waals surface area contributed by atoms with E-state index < -0.39 is 23.4 Å². The molecule has 1 aromatic rings. The first-order valence-corrected chi connectivity index (χ1v) is 6.93. The largest absolute Gasteiger partial charge is 0.358 e. The second-order valence-electron chi connectivity index (χ2n) is 4.76. The molecule has 7 heteroatoms. The molecular formula is C14H16ClN3O3. The lowest BCUT2D eigenvalue weighted by atomic mass is 9.87. The quantitative estimate of drug-likeness (QED) is 0.821. The minimum absolute atomic E-state index is 0.295. The zero-order valence-electron chi connectivity index (χ0n) is 11.8. The van der Waals surface area contributed by atoms with Crippen molar-refractivity contribution in [1.82, 2.24) is 15.5 Å². The molecule has 1 heterocycles. The third-order valence-electron chi connectivity index (χ3n) is 3.62. The summed E-state index contributed by atoms with van der Waals surface area (Å²) in [5, 5.41) is 5.64. The minimum Gasteiger partial charge on any atom is -0.358 e. The fourth-order valence-electron chi connectivity index (χ4n) is 2.37. The monoisotopic (exact) mass is 309 g/mol. The Bertz CT molecular complexity index is 588. The van der Waals surface area contributed by atoms with Gasteiger partial charge in [-0.05, 0) is 24.1 Å². The molecule has 1 saturated heterocycles. The van der Waals surface area contributed by atoms with E-state index in [4.69, 9.17) is 11.6 Å². The number of nitrogens with zero attached hydrogens (tertiary/aromatic N) is 1. The van der Waals surface area contributed by atoms with Crippen molar-refractivity contribution in [3.8, 4) is 0 Å². The number of carbonyl (C=O) groups is 3. The number of hydrogen-bond acceptors (Lipinski definition) is 3.